The highest BCUT2D eigenvalue weighted by atomic mass is 16.5. The first-order chi connectivity index (χ1) is 19.0. The minimum absolute atomic E-state index is 0.0439. The molecule has 1 amide bonds. The van der Waals surface area contributed by atoms with Gasteiger partial charge < -0.3 is 20.7 Å². The molecule has 198 valence electrons. The molecule has 1 fully saturated rings. The van der Waals surface area contributed by atoms with E-state index in [1.54, 1.807) is 13.0 Å². The van der Waals surface area contributed by atoms with Crippen LogP contribution in [-0.2, 0) is 4.74 Å². The van der Waals surface area contributed by atoms with Gasteiger partial charge in [-0.25, -0.2) is 19.7 Å². The van der Waals surface area contributed by atoms with E-state index < -0.39 is 11.9 Å². The Morgan fingerprint density at radius 1 is 1.10 bits per heavy atom. The molecule has 5 rings (SSSR count). The Bertz CT molecular complexity index is 1530. The van der Waals surface area contributed by atoms with Crippen molar-refractivity contribution < 1.29 is 14.3 Å². The van der Waals surface area contributed by atoms with Crippen LogP contribution in [0.5, 0.6) is 0 Å². The summed E-state index contributed by atoms with van der Waals surface area (Å²) in [6, 6.07) is 11.1. The largest absolute Gasteiger partial charge is 0.465 e. The molecule has 1 saturated heterocycles. The summed E-state index contributed by atoms with van der Waals surface area (Å²) in [5, 5.41) is 16.4. The molecule has 1 aliphatic heterocycles. The molecule has 0 saturated carbocycles. The molecule has 3 aromatic heterocycles. The number of anilines is 3. The van der Waals surface area contributed by atoms with Crippen molar-refractivity contribution in [2.45, 2.75) is 19.8 Å². The number of nitrogens with zero attached hydrogens (tertiary/aromatic N) is 8. The molecule has 0 spiro atoms. The Hall–Kier alpha value is -5.20. The number of pyridine rings is 1. The van der Waals surface area contributed by atoms with E-state index in [1.807, 2.05) is 30.3 Å². The Kier molecular flexibility index (Phi) is 7.21. The third-order valence-electron chi connectivity index (χ3n) is 6.26. The van der Waals surface area contributed by atoms with Gasteiger partial charge in [0.1, 0.15) is 29.0 Å². The number of aromatic nitrogens is 5. The number of ether oxygens (including phenoxy) is 1. The number of primary amides is 1. The molecule has 1 aliphatic rings. The summed E-state index contributed by atoms with van der Waals surface area (Å²) in [4.78, 5) is 40.1. The summed E-state index contributed by atoms with van der Waals surface area (Å²) in [7, 11) is 1.33. The fourth-order valence-electron chi connectivity index (χ4n) is 4.34. The molecule has 0 unspecified atom stereocenters. The number of rotatable bonds is 8. The molecule has 0 bridgehead atoms. The van der Waals surface area contributed by atoms with E-state index in [9.17, 15) is 9.59 Å². The van der Waals surface area contributed by atoms with Crippen LogP contribution in [0.25, 0.3) is 5.82 Å². The topological polar surface area (TPSA) is 166 Å². The van der Waals surface area contributed by atoms with Crippen molar-refractivity contribution in [3.8, 4) is 5.82 Å². The van der Waals surface area contributed by atoms with E-state index in [0.29, 0.717) is 28.6 Å². The van der Waals surface area contributed by atoms with Gasteiger partial charge in [-0.05, 0) is 37.5 Å². The second-order valence-electron chi connectivity index (χ2n) is 8.73. The third kappa shape index (κ3) is 5.14. The van der Waals surface area contributed by atoms with E-state index in [4.69, 9.17) is 15.5 Å². The van der Waals surface area contributed by atoms with Crippen LogP contribution in [-0.4, -0.2) is 56.8 Å². The van der Waals surface area contributed by atoms with Crippen LogP contribution >= 0.6 is 0 Å². The van der Waals surface area contributed by atoms with Gasteiger partial charge in [-0.3, -0.25) is 4.79 Å². The van der Waals surface area contributed by atoms with Crippen molar-refractivity contribution in [2.24, 2.45) is 16.0 Å². The fourth-order valence-corrected chi connectivity index (χ4v) is 4.34. The maximum Gasteiger partial charge on any atom is 0.341 e. The van der Waals surface area contributed by atoms with Gasteiger partial charge in [0.15, 0.2) is 17.5 Å². The Labute approximate surface area is 223 Å². The lowest BCUT2D eigenvalue weighted by molar-refractivity contribution is 0.0600. The van der Waals surface area contributed by atoms with Gasteiger partial charge in [-0.1, -0.05) is 18.2 Å². The minimum atomic E-state index is -0.735. The minimum Gasteiger partial charge on any atom is -0.465 e. The van der Waals surface area contributed by atoms with Crippen LogP contribution in [0.2, 0.25) is 0 Å². The number of hydrogen-bond acceptors (Lipinski definition) is 11. The van der Waals surface area contributed by atoms with Crippen molar-refractivity contribution >= 4 is 40.7 Å². The predicted molar refractivity (Wildman–Crippen MR) is 143 cm³/mol. The Balaban J connectivity index is 1.69. The van der Waals surface area contributed by atoms with Crippen LogP contribution in [0.3, 0.4) is 0 Å². The summed E-state index contributed by atoms with van der Waals surface area (Å²) in [6.07, 6.45) is 6.16. The van der Waals surface area contributed by atoms with Gasteiger partial charge in [0, 0.05) is 31.0 Å². The van der Waals surface area contributed by atoms with E-state index in [1.165, 1.54) is 30.5 Å². The fraction of sp³-hybridized carbons (Fsp3) is 0.231. The number of amides is 1. The number of esters is 1. The number of azo groups is 1. The molecular weight excluding hydrogens is 500 g/mol. The third-order valence-corrected chi connectivity index (χ3v) is 6.26. The van der Waals surface area contributed by atoms with Gasteiger partial charge in [-0.15, -0.1) is 10.2 Å². The highest BCUT2D eigenvalue weighted by Crippen LogP contribution is 2.39. The first-order valence-corrected chi connectivity index (χ1v) is 12.2. The van der Waals surface area contributed by atoms with Crippen LogP contribution in [0, 0.1) is 6.92 Å². The number of nitrogens with two attached hydrogens (primary N) is 1. The van der Waals surface area contributed by atoms with E-state index in [0.717, 1.165) is 31.6 Å². The molecule has 4 heterocycles. The SMILES string of the molecule is COC(=O)c1c(N2CCCC2)nc(Nc2ccccc2)c(N=Nc2c(C(N)=O)cnn2-c2ccncn2)c1C. The second kappa shape index (κ2) is 11.0. The van der Waals surface area contributed by atoms with Crippen LogP contribution < -0.4 is 16.0 Å². The molecular formula is C26H26N10O3. The summed E-state index contributed by atoms with van der Waals surface area (Å²) in [5.74, 6) is 0.0525. The Morgan fingerprint density at radius 2 is 1.87 bits per heavy atom. The highest BCUT2D eigenvalue weighted by Gasteiger charge is 2.28. The van der Waals surface area contributed by atoms with E-state index in [-0.39, 0.29) is 17.1 Å². The van der Waals surface area contributed by atoms with Crippen molar-refractivity contribution in [1.29, 1.82) is 0 Å². The molecule has 13 nitrogen and oxygen atoms in total. The first kappa shape index (κ1) is 25.4. The van der Waals surface area contributed by atoms with Crippen molar-refractivity contribution in [1.82, 2.24) is 24.7 Å². The number of carbonyl (C=O) groups is 2. The standard InChI is InChI=1S/C26H26N10O3/c1-16-20(26(38)39-2)25(35-12-6-7-13-35)32-23(31-17-8-4-3-5-9-17)21(16)33-34-24-18(22(27)37)14-30-36(24)19-10-11-28-15-29-19/h3-5,8-11,14-15H,6-7,12-13H2,1-2H3,(H2,27,37)(H,31,32). The maximum atomic E-state index is 13.0. The van der Waals surface area contributed by atoms with Gasteiger partial charge in [0.2, 0.25) is 0 Å². The summed E-state index contributed by atoms with van der Waals surface area (Å²) < 4.78 is 6.45. The van der Waals surface area contributed by atoms with Crippen molar-refractivity contribution in [3.05, 3.63) is 71.8 Å². The van der Waals surface area contributed by atoms with Crippen LogP contribution in [0.1, 0.15) is 39.1 Å². The zero-order valence-electron chi connectivity index (χ0n) is 21.4. The highest BCUT2D eigenvalue weighted by molar-refractivity contribution is 6.00. The predicted octanol–water partition coefficient (Wildman–Crippen LogP) is 4.01. The zero-order chi connectivity index (χ0) is 27.4. The summed E-state index contributed by atoms with van der Waals surface area (Å²) in [5.41, 5.74) is 7.49. The lowest BCUT2D eigenvalue weighted by atomic mass is 10.1. The smallest absolute Gasteiger partial charge is 0.341 e. The lowest BCUT2D eigenvalue weighted by Crippen LogP contribution is -2.24. The average molecular weight is 527 g/mol. The summed E-state index contributed by atoms with van der Waals surface area (Å²) in [6.45, 7) is 3.29. The molecule has 0 radical (unpaired) electrons. The summed E-state index contributed by atoms with van der Waals surface area (Å²) >= 11 is 0. The number of methoxy groups -OCH3 is 1. The second-order valence-corrected chi connectivity index (χ2v) is 8.73. The number of nitrogens with one attached hydrogen (secondary N) is 1. The molecule has 1 aromatic carbocycles. The van der Waals surface area contributed by atoms with E-state index >= 15 is 0 Å². The first-order valence-electron chi connectivity index (χ1n) is 12.2. The normalized spacial score (nSPS) is 13.1. The molecule has 4 aromatic rings. The monoisotopic (exact) mass is 526 g/mol. The number of benzene rings is 1. The number of carbonyl (C=O) groups excluding carboxylic acids is 2. The number of hydrogen-bond donors (Lipinski definition) is 2. The molecule has 0 atom stereocenters. The van der Waals surface area contributed by atoms with Gasteiger partial charge >= 0.3 is 5.97 Å². The molecule has 3 N–H and O–H groups in total. The van der Waals surface area contributed by atoms with Gasteiger partial charge in [-0.2, -0.15) is 9.78 Å². The van der Waals surface area contributed by atoms with Crippen LogP contribution in [0.15, 0.2) is 65.3 Å². The average Bonchev–Trinajstić information content (AvgIpc) is 3.64. The molecule has 0 aliphatic carbocycles. The molecule has 39 heavy (non-hydrogen) atoms. The quantitative estimate of drug-likeness (QED) is 0.255. The Morgan fingerprint density at radius 3 is 2.54 bits per heavy atom. The maximum absolute atomic E-state index is 13.0. The van der Waals surface area contributed by atoms with E-state index in [2.05, 4.69) is 35.5 Å². The zero-order valence-corrected chi connectivity index (χ0v) is 21.4. The lowest BCUT2D eigenvalue weighted by Gasteiger charge is -2.23. The van der Waals surface area contributed by atoms with Crippen molar-refractivity contribution in [2.75, 3.05) is 30.4 Å². The van der Waals surface area contributed by atoms with Crippen LogP contribution in [0.4, 0.5) is 28.8 Å². The van der Waals surface area contributed by atoms with Gasteiger partial charge in [0.25, 0.3) is 5.91 Å². The van der Waals surface area contributed by atoms with Gasteiger partial charge in [0.05, 0.1) is 13.3 Å². The number of para-hydroxylation sites is 1. The molecule has 13 heteroatoms. The van der Waals surface area contributed by atoms with Crippen molar-refractivity contribution in [3.63, 3.8) is 0 Å².